The van der Waals surface area contributed by atoms with Crippen molar-refractivity contribution in [2.45, 2.75) is 0 Å². The first-order chi connectivity index (χ1) is 9.01. The van der Waals surface area contributed by atoms with Crippen LogP contribution in [0.15, 0.2) is 37.8 Å². The second kappa shape index (κ2) is 6.43. The molecule has 0 aliphatic rings. The highest BCUT2D eigenvalue weighted by Crippen LogP contribution is 2.39. The molecule has 0 bridgehead atoms. The van der Waals surface area contributed by atoms with Crippen molar-refractivity contribution in [2.75, 3.05) is 7.11 Å². The summed E-state index contributed by atoms with van der Waals surface area (Å²) in [6.07, 6.45) is 1.62. The molecule has 2 aromatic rings. The molecule has 0 unspecified atom stereocenters. The van der Waals surface area contributed by atoms with E-state index in [0.29, 0.717) is 22.4 Å². The van der Waals surface area contributed by atoms with E-state index in [9.17, 15) is 0 Å². The van der Waals surface area contributed by atoms with E-state index in [1.165, 1.54) is 0 Å². The summed E-state index contributed by atoms with van der Waals surface area (Å²) >= 11 is 16.2. The second-order valence-electron chi connectivity index (χ2n) is 3.46. The van der Waals surface area contributed by atoms with Crippen LogP contribution in [0.4, 0.5) is 0 Å². The van der Waals surface area contributed by atoms with Crippen LogP contribution in [0, 0.1) is 0 Å². The Bertz CT molecular complexity index is 622. The number of pyridine rings is 1. The van der Waals surface area contributed by atoms with Gasteiger partial charge in [0.2, 0.25) is 5.88 Å². The lowest BCUT2D eigenvalue weighted by atomic mass is 10.3. The Hall–Kier alpha value is -0.300. The van der Waals surface area contributed by atoms with Gasteiger partial charge in [-0.15, -0.1) is 0 Å². The third-order valence-corrected chi connectivity index (χ3v) is 4.13. The number of aromatic nitrogens is 1. The Morgan fingerprint density at radius 2 is 1.68 bits per heavy atom. The SMILES string of the molecule is COc1cc(Br)c(Oc2ncc(Br)cc2Cl)cc1Br. The molecule has 0 amide bonds. The molecule has 0 aliphatic heterocycles. The molecule has 3 nitrogen and oxygen atoms in total. The third kappa shape index (κ3) is 3.62. The van der Waals surface area contributed by atoms with E-state index in [-0.39, 0.29) is 0 Å². The number of hydrogen-bond acceptors (Lipinski definition) is 3. The lowest BCUT2D eigenvalue weighted by Gasteiger charge is -2.11. The maximum absolute atomic E-state index is 6.06. The first kappa shape index (κ1) is 15.1. The summed E-state index contributed by atoms with van der Waals surface area (Å²) in [7, 11) is 1.60. The van der Waals surface area contributed by atoms with E-state index >= 15 is 0 Å². The molecule has 0 spiro atoms. The van der Waals surface area contributed by atoms with Crippen molar-refractivity contribution in [1.29, 1.82) is 0 Å². The minimum Gasteiger partial charge on any atom is -0.496 e. The maximum atomic E-state index is 6.06. The van der Waals surface area contributed by atoms with E-state index in [1.54, 1.807) is 31.5 Å². The van der Waals surface area contributed by atoms with Crippen molar-refractivity contribution < 1.29 is 9.47 Å². The molecular formula is C12H7Br3ClNO2. The third-order valence-electron chi connectivity index (χ3n) is 2.19. The molecule has 0 fully saturated rings. The zero-order valence-electron chi connectivity index (χ0n) is 9.58. The van der Waals surface area contributed by atoms with Crippen LogP contribution in [0.3, 0.4) is 0 Å². The zero-order valence-corrected chi connectivity index (χ0v) is 15.1. The molecule has 0 saturated heterocycles. The van der Waals surface area contributed by atoms with E-state index in [1.807, 2.05) is 0 Å². The van der Waals surface area contributed by atoms with Gasteiger partial charge in [0.15, 0.2) is 0 Å². The van der Waals surface area contributed by atoms with Gasteiger partial charge in [-0.2, -0.15) is 0 Å². The number of ether oxygens (including phenoxy) is 2. The van der Waals surface area contributed by atoms with Crippen molar-refractivity contribution in [2.24, 2.45) is 0 Å². The molecule has 1 heterocycles. The predicted molar refractivity (Wildman–Crippen MR) is 85.4 cm³/mol. The number of nitrogens with zero attached hydrogens (tertiary/aromatic N) is 1. The molecule has 0 N–H and O–H groups in total. The fourth-order valence-corrected chi connectivity index (χ4v) is 2.88. The monoisotopic (exact) mass is 469 g/mol. The smallest absolute Gasteiger partial charge is 0.238 e. The minimum absolute atomic E-state index is 0.336. The minimum atomic E-state index is 0.336. The van der Waals surface area contributed by atoms with Gasteiger partial charge in [0.05, 0.1) is 16.1 Å². The van der Waals surface area contributed by atoms with Gasteiger partial charge in [0.1, 0.15) is 16.5 Å². The van der Waals surface area contributed by atoms with Gasteiger partial charge in [-0.05, 0) is 66.0 Å². The largest absolute Gasteiger partial charge is 0.496 e. The van der Waals surface area contributed by atoms with Crippen LogP contribution in [-0.4, -0.2) is 12.1 Å². The number of halogens is 4. The van der Waals surface area contributed by atoms with Crippen LogP contribution in [-0.2, 0) is 0 Å². The van der Waals surface area contributed by atoms with Crippen LogP contribution < -0.4 is 9.47 Å². The summed E-state index contributed by atoms with van der Waals surface area (Å²) in [5.41, 5.74) is 0. The maximum Gasteiger partial charge on any atom is 0.238 e. The number of rotatable bonds is 3. The quantitative estimate of drug-likeness (QED) is 0.564. The number of benzene rings is 1. The molecule has 0 saturated carbocycles. The first-order valence-corrected chi connectivity index (χ1v) is 7.79. The van der Waals surface area contributed by atoms with Gasteiger partial charge in [-0.3, -0.25) is 0 Å². The number of hydrogen-bond donors (Lipinski definition) is 0. The van der Waals surface area contributed by atoms with E-state index in [0.717, 1.165) is 13.4 Å². The highest BCUT2D eigenvalue weighted by atomic mass is 79.9. The molecule has 7 heteroatoms. The average molecular weight is 472 g/mol. The first-order valence-electron chi connectivity index (χ1n) is 5.03. The molecule has 100 valence electrons. The summed E-state index contributed by atoms with van der Waals surface area (Å²) in [6.45, 7) is 0. The van der Waals surface area contributed by atoms with E-state index in [2.05, 4.69) is 52.8 Å². The van der Waals surface area contributed by atoms with E-state index in [4.69, 9.17) is 21.1 Å². The summed E-state index contributed by atoms with van der Waals surface area (Å²) < 4.78 is 13.2. The van der Waals surface area contributed by atoms with Gasteiger partial charge < -0.3 is 9.47 Å². The Morgan fingerprint density at radius 1 is 1.05 bits per heavy atom. The molecule has 0 atom stereocenters. The molecule has 1 aromatic carbocycles. The van der Waals surface area contributed by atoms with Gasteiger partial charge >= 0.3 is 0 Å². The highest BCUT2D eigenvalue weighted by molar-refractivity contribution is 9.11. The van der Waals surface area contributed by atoms with Crippen molar-refractivity contribution in [3.63, 3.8) is 0 Å². The van der Waals surface area contributed by atoms with Crippen LogP contribution in [0.2, 0.25) is 5.02 Å². The molecule has 2 rings (SSSR count). The van der Waals surface area contributed by atoms with Crippen molar-refractivity contribution in [3.8, 4) is 17.4 Å². The lowest BCUT2D eigenvalue weighted by Crippen LogP contribution is -1.92. The predicted octanol–water partition coefficient (Wildman–Crippen LogP) is 5.82. The molecule has 1 aromatic heterocycles. The Morgan fingerprint density at radius 3 is 2.32 bits per heavy atom. The summed E-state index contributed by atoms with van der Waals surface area (Å²) in [6, 6.07) is 5.30. The van der Waals surface area contributed by atoms with Crippen LogP contribution in [0.1, 0.15) is 0 Å². The zero-order chi connectivity index (χ0) is 14.0. The van der Waals surface area contributed by atoms with Gasteiger partial charge in [-0.25, -0.2) is 4.98 Å². The van der Waals surface area contributed by atoms with Crippen LogP contribution >= 0.6 is 59.4 Å². The van der Waals surface area contributed by atoms with Gasteiger partial charge in [-0.1, -0.05) is 11.6 Å². The second-order valence-corrected chi connectivity index (χ2v) is 6.49. The molecule has 0 aliphatic carbocycles. The average Bonchev–Trinajstić information content (AvgIpc) is 2.36. The van der Waals surface area contributed by atoms with Crippen molar-refractivity contribution >= 4 is 59.4 Å². The van der Waals surface area contributed by atoms with Crippen LogP contribution in [0.25, 0.3) is 0 Å². The summed E-state index contributed by atoms with van der Waals surface area (Å²) in [4.78, 5) is 4.12. The van der Waals surface area contributed by atoms with Crippen molar-refractivity contribution in [1.82, 2.24) is 4.98 Å². The standard InChI is InChI=1S/C12H7Br3ClNO2/c1-18-10-3-8(15)11(4-7(10)14)19-12-9(16)2-6(13)5-17-12/h2-5H,1H3. The topological polar surface area (TPSA) is 31.4 Å². The summed E-state index contributed by atoms with van der Waals surface area (Å²) in [5.74, 6) is 1.63. The van der Waals surface area contributed by atoms with E-state index < -0.39 is 0 Å². The lowest BCUT2D eigenvalue weighted by molar-refractivity contribution is 0.408. The Kier molecular flexibility index (Phi) is 5.11. The van der Waals surface area contributed by atoms with Gasteiger partial charge in [0.25, 0.3) is 0 Å². The Labute approximate surface area is 140 Å². The number of methoxy groups -OCH3 is 1. The summed E-state index contributed by atoms with van der Waals surface area (Å²) in [5, 5.41) is 0.424. The van der Waals surface area contributed by atoms with Crippen molar-refractivity contribution in [3.05, 3.63) is 42.8 Å². The Balaban J connectivity index is 2.35. The van der Waals surface area contributed by atoms with Gasteiger partial charge in [0, 0.05) is 10.7 Å². The fourth-order valence-electron chi connectivity index (χ4n) is 1.33. The van der Waals surface area contributed by atoms with Crippen LogP contribution in [0.5, 0.6) is 17.4 Å². The molecular weight excluding hydrogens is 465 g/mol. The molecule has 19 heavy (non-hydrogen) atoms. The molecule has 0 radical (unpaired) electrons. The fraction of sp³-hybridized carbons (Fsp3) is 0.0833. The normalized spacial score (nSPS) is 10.4. The highest BCUT2D eigenvalue weighted by Gasteiger charge is 2.12.